The molecule has 0 bridgehead atoms. The molecule has 0 fully saturated rings. The summed E-state index contributed by atoms with van der Waals surface area (Å²) >= 11 is 0. The van der Waals surface area contributed by atoms with Gasteiger partial charge >= 0.3 is 0 Å². The molecule has 0 aliphatic heterocycles. The van der Waals surface area contributed by atoms with Gasteiger partial charge in [-0.15, -0.1) is 0 Å². The number of nitrogens with zero attached hydrogens (tertiary/aromatic N) is 1. The third-order valence-corrected chi connectivity index (χ3v) is 3.76. The van der Waals surface area contributed by atoms with Gasteiger partial charge in [-0.25, -0.2) is 4.39 Å². The molecule has 0 aliphatic rings. The summed E-state index contributed by atoms with van der Waals surface area (Å²) in [6.45, 7) is 6.98. The second-order valence-corrected chi connectivity index (χ2v) is 5.24. The summed E-state index contributed by atoms with van der Waals surface area (Å²) in [5, 5.41) is 0. The maximum Gasteiger partial charge on any atom is 0.174 e. The second-order valence-electron chi connectivity index (χ2n) is 5.24. The summed E-state index contributed by atoms with van der Waals surface area (Å²) in [7, 11) is 1.79. The highest BCUT2D eigenvalue weighted by molar-refractivity contribution is 5.97. The lowest BCUT2D eigenvalue weighted by atomic mass is 9.94. The molecule has 0 atom stereocenters. The summed E-state index contributed by atoms with van der Waals surface area (Å²) in [4.78, 5) is 17.1. The van der Waals surface area contributed by atoms with Crippen molar-refractivity contribution < 1.29 is 18.7 Å². The fraction of sp³-hybridized carbons (Fsp3) is 0.167. The molecule has 0 amide bonds. The fourth-order valence-corrected chi connectivity index (χ4v) is 2.41. The van der Waals surface area contributed by atoms with Crippen molar-refractivity contribution in [2.45, 2.75) is 13.8 Å². The topological polar surface area (TPSA) is 29.5 Å². The van der Waals surface area contributed by atoms with Gasteiger partial charge < -0.3 is 4.90 Å². The first-order valence-corrected chi connectivity index (χ1v) is 6.98. The van der Waals surface area contributed by atoms with E-state index in [1.54, 1.807) is 30.3 Å². The Kier molecular flexibility index (Phi) is 4.79. The molecular weight excluding hydrogens is 300 g/mol. The molecule has 0 saturated heterocycles. The Morgan fingerprint density at radius 1 is 1.26 bits per heavy atom. The molecule has 0 aromatic heterocycles. The van der Waals surface area contributed by atoms with E-state index in [4.69, 9.17) is 0 Å². The van der Waals surface area contributed by atoms with Crippen molar-refractivity contribution in [3.8, 4) is 16.9 Å². The summed E-state index contributed by atoms with van der Waals surface area (Å²) in [6.07, 6.45) is 1.60. The van der Waals surface area contributed by atoms with E-state index >= 15 is 0 Å². The van der Waals surface area contributed by atoms with Crippen LogP contribution in [0, 0.1) is 12.7 Å². The van der Waals surface area contributed by atoms with Crippen LogP contribution in [0.4, 0.5) is 14.6 Å². The Balaban J connectivity index is 2.72. The van der Waals surface area contributed by atoms with Crippen LogP contribution in [0.25, 0.3) is 11.1 Å². The minimum absolute atomic E-state index is 0.130. The maximum atomic E-state index is 14.3. The third kappa shape index (κ3) is 3.23. The van der Waals surface area contributed by atoms with Crippen LogP contribution in [-0.2, 0) is 0 Å². The van der Waals surface area contributed by atoms with Gasteiger partial charge in [0.05, 0.1) is 0 Å². The molecule has 2 aromatic rings. The lowest BCUT2D eigenvalue weighted by Crippen LogP contribution is -2.11. The molecule has 23 heavy (non-hydrogen) atoms. The number of carbonyl (C=O) groups excluding carboxylic acids is 1. The van der Waals surface area contributed by atoms with Crippen molar-refractivity contribution in [3.63, 3.8) is 0 Å². The molecule has 3 nitrogen and oxygen atoms in total. The van der Waals surface area contributed by atoms with E-state index in [0.717, 1.165) is 17.3 Å². The first-order chi connectivity index (χ1) is 10.9. The number of anilines is 1. The second kappa shape index (κ2) is 6.60. The molecular formula is C18H17F2NO2. The average Bonchev–Trinajstić information content (AvgIpc) is 2.54. The van der Waals surface area contributed by atoms with E-state index in [1.165, 1.54) is 19.1 Å². The van der Waals surface area contributed by atoms with E-state index in [1.807, 2.05) is 6.92 Å². The SMILES string of the molecule is C=CN(C)c1cc(C(C)=O)cc(-c2ccc(OF)cc2F)c1C. The Labute approximate surface area is 133 Å². The number of rotatable bonds is 5. The Morgan fingerprint density at radius 3 is 2.48 bits per heavy atom. The summed E-state index contributed by atoms with van der Waals surface area (Å²) < 4.78 is 26.5. The van der Waals surface area contributed by atoms with Gasteiger partial charge in [0.2, 0.25) is 0 Å². The van der Waals surface area contributed by atoms with E-state index in [0.29, 0.717) is 11.1 Å². The predicted octanol–water partition coefficient (Wildman–Crippen LogP) is 4.85. The van der Waals surface area contributed by atoms with Crippen LogP contribution in [0.1, 0.15) is 22.8 Å². The first kappa shape index (κ1) is 16.7. The van der Waals surface area contributed by atoms with Crippen LogP contribution in [0.15, 0.2) is 43.1 Å². The molecule has 0 N–H and O–H groups in total. The molecule has 2 rings (SSSR count). The van der Waals surface area contributed by atoms with Crippen LogP contribution in [0.2, 0.25) is 0 Å². The number of hydrogen-bond acceptors (Lipinski definition) is 3. The lowest BCUT2D eigenvalue weighted by Gasteiger charge is -2.20. The standard InChI is InChI=1S/C18H17F2NO2/c1-5-21(4)18-9-13(12(3)22)8-16(11(18)2)15-7-6-14(23-20)10-17(15)19/h5-10H,1H2,2-4H3. The van der Waals surface area contributed by atoms with Gasteiger partial charge in [0.15, 0.2) is 11.5 Å². The average molecular weight is 317 g/mol. The van der Waals surface area contributed by atoms with E-state index in [2.05, 4.69) is 11.5 Å². The molecule has 0 radical (unpaired) electrons. The van der Waals surface area contributed by atoms with Gasteiger partial charge in [-0.3, -0.25) is 9.74 Å². The highest BCUT2D eigenvalue weighted by atomic mass is 19.3. The molecule has 2 aromatic carbocycles. The third-order valence-electron chi connectivity index (χ3n) is 3.76. The summed E-state index contributed by atoms with van der Waals surface area (Å²) in [5.41, 5.74) is 2.81. The van der Waals surface area contributed by atoms with Crippen molar-refractivity contribution in [2.75, 3.05) is 11.9 Å². The van der Waals surface area contributed by atoms with Crippen molar-refractivity contribution in [2.24, 2.45) is 0 Å². The van der Waals surface area contributed by atoms with Gasteiger partial charge in [-0.1, -0.05) is 6.58 Å². The maximum absolute atomic E-state index is 14.3. The summed E-state index contributed by atoms with van der Waals surface area (Å²) in [5.74, 6) is -0.972. The molecule has 0 heterocycles. The highest BCUT2D eigenvalue weighted by Gasteiger charge is 2.16. The number of ketones is 1. The number of halogens is 2. The minimum Gasteiger partial charge on any atom is -0.351 e. The molecule has 120 valence electrons. The zero-order valence-electron chi connectivity index (χ0n) is 13.2. The molecule has 0 unspecified atom stereocenters. The summed E-state index contributed by atoms with van der Waals surface area (Å²) in [6, 6.07) is 7.09. The van der Waals surface area contributed by atoms with Crippen LogP contribution in [-0.4, -0.2) is 12.8 Å². The number of hydrogen-bond donors (Lipinski definition) is 0. The minimum atomic E-state index is -0.629. The van der Waals surface area contributed by atoms with E-state index < -0.39 is 5.82 Å². The van der Waals surface area contributed by atoms with Crippen LogP contribution >= 0.6 is 0 Å². The van der Waals surface area contributed by atoms with Crippen molar-refractivity contribution >= 4 is 11.5 Å². The van der Waals surface area contributed by atoms with Gasteiger partial charge in [-0.2, -0.15) is 0 Å². The number of carbonyl (C=O) groups is 1. The smallest absolute Gasteiger partial charge is 0.174 e. The van der Waals surface area contributed by atoms with Gasteiger partial charge in [0, 0.05) is 34.5 Å². The Morgan fingerprint density at radius 2 is 1.96 bits per heavy atom. The van der Waals surface area contributed by atoms with E-state index in [-0.39, 0.29) is 17.1 Å². The quantitative estimate of drug-likeness (QED) is 0.739. The van der Waals surface area contributed by atoms with Gasteiger partial charge in [-0.05, 0) is 55.4 Å². The number of benzene rings is 2. The van der Waals surface area contributed by atoms with Crippen molar-refractivity contribution in [3.05, 3.63) is 60.1 Å². The largest absolute Gasteiger partial charge is 0.351 e. The van der Waals surface area contributed by atoms with Crippen molar-refractivity contribution in [1.29, 1.82) is 0 Å². The molecule has 0 spiro atoms. The zero-order valence-corrected chi connectivity index (χ0v) is 13.2. The van der Waals surface area contributed by atoms with Gasteiger partial charge in [0.1, 0.15) is 5.82 Å². The Hall–Kier alpha value is -2.69. The molecule has 5 heteroatoms. The van der Waals surface area contributed by atoms with Crippen molar-refractivity contribution in [1.82, 2.24) is 0 Å². The van der Waals surface area contributed by atoms with Crippen LogP contribution in [0.5, 0.6) is 5.75 Å². The lowest BCUT2D eigenvalue weighted by molar-refractivity contribution is -0.00652. The molecule has 0 saturated carbocycles. The molecule has 0 aliphatic carbocycles. The Bertz CT molecular complexity index is 772. The van der Waals surface area contributed by atoms with E-state index in [9.17, 15) is 13.7 Å². The first-order valence-electron chi connectivity index (χ1n) is 6.98. The van der Waals surface area contributed by atoms with Crippen LogP contribution in [0.3, 0.4) is 0 Å². The predicted molar refractivity (Wildman–Crippen MR) is 86.9 cm³/mol. The normalized spacial score (nSPS) is 10.3. The number of Topliss-reactive ketones (excluding diaryl/α,β-unsaturated/α-hetero) is 1. The fourth-order valence-electron chi connectivity index (χ4n) is 2.41. The van der Waals surface area contributed by atoms with Gasteiger partial charge in [0.25, 0.3) is 0 Å². The highest BCUT2D eigenvalue weighted by Crippen LogP contribution is 2.35. The zero-order chi connectivity index (χ0) is 17.1. The monoisotopic (exact) mass is 317 g/mol. The van der Waals surface area contributed by atoms with Crippen LogP contribution < -0.4 is 9.84 Å².